The fourth-order valence-electron chi connectivity index (χ4n) is 2.41. The van der Waals surface area contributed by atoms with Crippen molar-refractivity contribution in [2.45, 2.75) is 38.1 Å². The molecule has 1 aliphatic rings. The molecule has 0 spiro atoms. The molecule has 0 saturated heterocycles. The fraction of sp³-hybridized carbons (Fsp3) is 0.500. The van der Waals surface area contributed by atoms with Crippen molar-refractivity contribution in [1.82, 2.24) is 9.97 Å². The maximum atomic E-state index is 8.90. The maximum absolute atomic E-state index is 8.90. The van der Waals surface area contributed by atoms with Gasteiger partial charge in [-0.25, -0.2) is 9.97 Å². The summed E-state index contributed by atoms with van der Waals surface area (Å²) in [7, 11) is 0. The van der Waals surface area contributed by atoms with E-state index < -0.39 is 0 Å². The zero-order chi connectivity index (χ0) is 13.4. The number of aromatic nitrogens is 2. The zero-order valence-electron chi connectivity index (χ0n) is 11.1. The number of thiophene rings is 1. The molecule has 0 amide bonds. The summed E-state index contributed by atoms with van der Waals surface area (Å²) < 4.78 is 0. The summed E-state index contributed by atoms with van der Waals surface area (Å²) in [6.45, 7) is 3.90. The minimum Gasteiger partial charge on any atom is -0.226 e. The predicted octanol–water partition coefficient (Wildman–Crippen LogP) is 3.74. The van der Waals surface area contributed by atoms with Gasteiger partial charge in [-0.1, -0.05) is 0 Å². The van der Waals surface area contributed by atoms with Gasteiger partial charge in [-0.05, 0) is 38.7 Å². The summed E-state index contributed by atoms with van der Waals surface area (Å²) in [6.07, 6.45) is 3.60. The lowest BCUT2D eigenvalue weighted by atomic mass is 10.2. The van der Waals surface area contributed by atoms with Crippen LogP contribution in [0.1, 0.15) is 29.6 Å². The zero-order valence-corrected chi connectivity index (χ0v) is 12.7. The first-order valence-corrected chi connectivity index (χ1v) is 8.30. The van der Waals surface area contributed by atoms with E-state index in [0.717, 1.165) is 27.9 Å². The minimum atomic E-state index is 0.0574. The molecule has 1 atom stereocenters. The van der Waals surface area contributed by atoms with E-state index in [1.807, 2.05) is 25.2 Å². The number of hydrogen-bond acceptors (Lipinski definition) is 5. The van der Waals surface area contributed by atoms with Gasteiger partial charge in [0.2, 0.25) is 0 Å². The molecule has 3 nitrogen and oxygen atoms in total. The molecular weight excluding hydrogens is 274 g/mol. The van der Waals surface area contributed by atoms with Crippen molar-refractivity contribution in [2.24, 2.45) is 5.92 Å². The van der Waals surface area contributed by atoms with Crippen LogP contribution in [0.3, 0.4) is 0 Å². The van der Waals surface area contributed by atoms with Crippen LogP contribution >= 0.6 is 23.1 Å². The van der Waals surface area contributed by atoms with Gasteiger partial charge in [0.1, 0.15) is 15.7 Å². The molecule has 1 aliphatic carbocycles. The third-order valence-corrected chi connectivity index (χ3v) is 5.75. The van der Waals surface area contributed by atoms with Crippen molar-refractivity contribution in [3.8, 4) is 6.07 Å². The molecule has 0 fully saturated rings. The number of hydrogen-bond donors (Lipinski definition) is 0. The number of fused-ring (bicyclic) bond motifs is 3. The lowest BCUT2D eigenvalue weighted by molar-refractivity contribution is 0.861. The minimum absolute atomic E-state index is 0.0574. The Balaban J connectivity index is 2.04. The van der Waals surface area contributed by atoms with Crippen molar-refractivity contribution in [2.75, 3.05) is 5.75 Å². The van der Waals surface area contributed by atoms with E-state index >= 15 is 0 Å². The van der Waals surface area contributed by atoms with Gasteiger partial charge in [0.15, 0.2) is 0 Å². The molecule has 0 N–H and O–H groups in total. The van der Waals surface area contributed by atoms with E-state index in [2.05, 4.69) is 16.0 Å². The average Bonchev–Trinajstić information content (AvgIpc) is 2.94. The van der Waals surface area contributed by atoms with E-state index in [0.29, 0.717) is 0 Å². The number of thioether (sulfide) groups is 1. The van der Waals surface area contributed by atoms with Crippen molar-refractivity contribution < 1.29 is 0 Å². The van der Waals surface area contributed by atoms with Crippen LogP contribution in [0.5, 0.6) is 0 Å². The molecule has 2 heterocycles. The van der Waals surface area contributed by atoms with Gasteiger partial charge in [-0.2, -0.15) is 5.26 Å². The van der Waals surface area contributed by atoms with Crippen LogP contribution in [0.15, 0.2) is 5.03 Å². The standard InChI is InChI=1S/C14H15N3S2/c1-8(6-15)7-18-13-12-10-4-3-5-11(10)19-14(12)17-9(2)16-13/h8H,3-5,7H2,1-2H3/t8-/m1/s1. The fourth-order valence-corrected chi connectivity index (χ4v) is 4.82. The molecular formula is C14H15N3S2. The Morgan fingerprint density at radius 2 is 2.26 bits per heavy atom. The van der Waals surface area contributed by atoms with Gasteiger partial charge >= 0.3 is 0 Å². The van der Waals surface area contributed by atoms with Crippen LogP contribution in [0.4, 0.5) is 0 Å². The van der Waals surface area contributed by atoms with E-state index in [4.69, 9.17) is 5.26 Å². The Labute approximate surface area is 121 Å². The van der Waals surface area contributed by atoms with Gasteiger partial charge in [-0.15, -0.1) is 23.1 Å². The smallest absolute Gasteiger partial charge is 0.128 e. The van der Waals surface area contributed by atoms with Crippen molar-refractivity contribution in [1.29, 1.82) is 5.26 Å². The summed E-state index contributed by atoms with van der Waals surface area (Å²) in [5.41, 5.74) is 1.46. The quantitative estimate of drug-likeness (QED) is 0.638. The molecule has 0 radical (unpaired) electrons. The van der Waals surface area contributed by atoms with Gasteiger partial charge in [0.05, 0.1) is 12.0 Å². The topological polar surface area (TPSA) is 49.6 Å². The Morgan fingerprint density at radius 1 is 1.42 bits per heavy atom. The van der Waals surface area contributed by atoms with Gasteiger partial charge in [0, 0.05) is 16.0 Å². The highest BCUT2D eigenvalue weighted by molar-refractivity contribution is 7.99. The molecule has 19 heavy (non-hydrogen) atoms. The molecule has 2 aromatic heterocycles. The highest BCUT2D eigenvalue weighted by Gasteiger charge is 2.22. The molecule has 0 aliphatic heterocycles. The molecule has 3 rings (SSSR count). The monoisotopic (exact) mass is 289 g/mol. The highest BCUT2D eigenvalue weighted by Crippen LogP contribution is 2.40. The largest absolute Gasteiger partial charge is 0.226 e. The predicted molar refractivity (Wildman–Crippen MR) is 79.7 cm³/mol. The molecule has 2 aromatic rings. The van der Waals surface area contributed by atoms with Crippen LogP contribution in [0, 0.1) is 24.2 Å². The van der Waals surface area contributed by atoms with Crippen molar-refractivity contribution >= 4 is 33.3 Å². The molecule has 98 valence electrons. The first-order valence-electron chi connectivity index (χ1n) is 6.50. The van der Waals surface area contributed by atoms with Crippen LogP contribution < -0.4 is 0 Å². The lowest BCUT2D eigenvalue weighted by Crippen LogP contribution is -1.97. The number of nitriles is 1. The van der Waals surface area contributed by atoms with E-state index in [-0.39, 0.29) is 5.92 Å². The van der Waals surface area contributed by atoms with E-state index in [1.54, 1.807) is 11.8 Å². The van der Waals surface area contributed by atoms with Gasteiger partial charge in [-0.3, -0.25) is 0 Å². The number of rotatable bonds is 3. The number of aryl methyl sites for hydroxylation is 3. The SMILES string of the molecule is Cc1nc(SC[C@H](C)C#N)c2c3c(sc2n1)CCC3. The summed E-state index contributed by atoms with van der Waals surface area (Å²) in [5.74, 6) is 1.69. The van der Waals surface area contributed by atoms with Crippen molar-refractivity contribution in [3.63, 3.8) is 0 Å². The van der Waals surface area contributed by atoms with Crippen molar-refractivity contribution in [3.05, 3.63) is 16.3 Å². The first kappa shape index (κ1) is 12.9. The second kappa shape index (κ2) is 5.10. The molecule has 0 bridgehead atoms. The van der Waals surface area contributed by atoms with Crippen LogP contribution in [0.2, 0.25) is 0 Å². The van der Waals surface area contributed by atoms with Crippen LogP contribution in [0.25, 0.3) is 10.2 Å². The Bertz CT molecular complexity index is 669. The first-order chi connectivity index (χ1) is 9.19. The Hall–Kier alpha value is -1.12. The van der Waals surface area contributed by atoms with Gasteiger partial charge in [0.25, 0.3) is 0 Å². The maximum Gasteiger partial charge on any atom is 0.128 e. The average molecular weight is 289 g/mol. The second-order valence-electron chi connectivity index (χ2n) is 4.95. The van der Waals surface area contributed by atoms with Gasteiger partial charge < -0.3 is 0 Å². The van der Waals surface area contributed by atoms with E-state index in [9.17, 15) is 0 Å². The van der Waals surface area contributed by atoms with Crippen LogP contribution in [-0.4, -0.2) is 15.7 Å². The second-order valence-corrected chi connectivity index (χ2v) is 7.05. The molecule has 5 heteroatoms. The molecule has 0 saturated carbocycles. The molecule has 0 aromatic carbocycles. The highest BCUT2D eigenvalue weighted by atomic mass is 32.2. The summed E-state index contributed by atoms with van der Waals surface area (Å²) in [4.78, 5) is 11.8. The van der Waals surface area contributed by atoms with E-state index in [1.165, 1.54) is 28.7 Å². The Morgan fingerprint density at radius 3 is 3.05 bits per heavy atom. The summed E-state index contributed by atoms with van der Waals surface area (Å²) in [6, 6.07) is 2.28. The summed E-state index contributed by atoms with van der Waals surface area (Å²) >= 11 is 3.53. The molecule has 0 unspecified atom stereocenters. The Kier molecular flexibility index (Phi) is 3.46. The normalized spacial score (nSPS) is 15.4. The lowest BCUT2D eigenvalue weighted by Gasteiger charge is -2.06. The third kappa shape index (κ3) is 2.35. The third-order valence-electron chi connectivity index (χ3n) is 3.33. The summed E-state index contributed by atoms with van der Waals surface area (Å²) in [5, 5.41) is 11.2. The number of nitrogens with zero attached hydrogens (tertiary/aromatic N) is 3. The van der Waals surface area contributed by atoms with Crippen LogP contribution in [-0.2, 0) is 12.8 Å².